The van der Waals surface area contributed by atoms with Crippen LogP contribution in [0.25, 0.3) is 0 Å². The average molecular weight is 310 g/mol. The lowest BCUT2D eigenvalue weighted by Gasteiger charge is -2.28. The van der Waals surface area contributed by atoms with Crippen LogP contribution in [0, 0.1) is 0 Å². The first-order chi connectivity index (χ1) is 10.0. The number of carboxylic acid groups (broad SMARTS) is 1. The van der Waals surface area contributed by atoms with Gasteiger partial charge in [0.2, 0.25) is 0 Å². The Labute approximate surface area is 132 Å². The topological polar surface area (TPSA) is 43.8 Å². The van der Waals surface area contributed by atoms with E-state index in [1.54, 1.807) is 11.8 Å². The molecule has 21 heavy (non-hydrogen) atoms. The van der Waals surface area contributed by atoms with Crippen molar-refractivity contribution in [3.63, 3.8) is 0 Å². The number of nitrogens with zero attached hydrogens (tertiary/aromatic N) is 2. The molecule has 0 fully saturated rings. The quantitative estimate of drug-likeness (QED) is 0.709. The summed E-state index contributed by atoms with van der Waals surface area (Å²) < 4.78 is 0. The van der Waals surface area contributed by atoms with Gasteiger partial charge in [-0.2, -0.15) is 0 Å². The van der Waals surface area contributed by atoms with Gasteiger partial charge in [0, 0.05) is 24.5 Å². The van der Waals surface area contributed by atoms with Crippen molar-refractivity contribution >= 4 is 23.4 Å². The molecule has 0 aliphatic rings. The van der Waals surface area contributed by atoms with Crippen LogP contribution in [0.1, 0.15) is 30.6 Å². The highest BCUT2D eigenvalue weighted by Gasteiger charge is 2.19. The molecule has 0 saturated carbocycles. The Morgan fingerprint density at radius 3 is 2.43 bits per heavy atom. The van der Waals surface area contributed by atoms with Crippen molar-refractivity contribution in [1.82, 2.24) is 4.90 Å². The van der Waals surface area contributed by atoms with Crippen LogP contribution in [0.3, 0.4) is 0 Å². The van der Waals surface area contributed by atoms with Crippen LogP contribution in [0.15, 0.2) is 23.1 Å². The maximum Gasteiger partial charge on any atom is 0.338 e. The third-order valence-electron chi connectivity index (χ3n) is 3.17. The molecule has 0 saturated heterocycles. The van der Waals surface area contributed by atoms with E-state index in [2.05, 4.69) is 16.7 Å². The fourth-order valence-corrected chi connectivity index (χ4v) is 3.04. The summed E-state index contributed by atoms with van der Waals surface area (Å²) in [4.78, 5) is 16.9. The molecule has 0 aliphatic carbocycles. The Bertz CT molecular complexity index is 464. The van der Waals surface area contributed by atoms with Crippen molar-refractivity contribution < 1.29 is 9.90 Å². The first kappa shape index (κ1) is 17.9. The lowest BCUT2D eigenvalue weighted by atomic mass is 10.1. The molecule has 0 atom stereocenters. The molecule has 0 radical (unpaired) electrons. The fraction of sp³-hybridized carbons (Fsp3) is 0.562. The van der Waals surface area contributed by atoms with E-state index in [0.717, 1.165) is 42.4 Å². The fourth-order valence-electron chi connectivity index (χ4n) is 2.22. The molecule has 5 heteroatoms. The molecule has 1 aromatic carbocycles. The van der Waals surface area contributed by atoms with Crippen LogP contribution in [0.5, 0.6) is 0 Å². The van der Waals surface area contributed by atoms with Crippen LogP contribution in [0.4, 0.5) is 5.69 Å². The van der Waals surface area contributed by atoms with Gasteiger partial charge in [-0.3, -0.25) is 0 Å². The molecule has 4 nitrogen and oxygen atoms in total. The molecule has 0 spiro atoms. The normalized spacial score (nSPS) is 10.9. The smallest absolute Gasteiger partial charge is 0.338 e. The minimum absolute atomic E-state index is 0.441. The van der Waals surface area contributed by atoms with Gasteiger partial charge in [0.1, 0.15) is 0 Å². The number of aromatic carboxylic acids is 1. The molecule has 1 aromatic rings. The molecule has 0 aliphatic heterocycles. The largest absolute Gasteiger partial charge is 0.478 e. The third-order valence-corrected chi connectivity index (χ3v) is 4.11. The van der Waals surface area contributed by atoms with Gasteiger partial charge >= 0.3 is 5.97 Å². The van der Waals surface area contributed by atoms with Gasteiger partial charge in [0.05, 0.1) is 11.3 Å². The second-order valence-corrected chi connectivity index (χ2v) is 6.48. The number of anilines is 1. The highest BCUT2D eigenvalue weighted by Crippen LogP contribution is 2.31. The van der Waals surface area contributed by atoms with Gasteiger partial charge in [-0.15, -0.1) is 11.8 Å². The molecule has 0 aromatic heterocycles. The maximum atomic E-state index is 11.7. The minimum Gasteiger partial charge on any atom is -0.478 e. The first-order valence-corrected chi connectivity index (χ1v) is 8.38. The van der Waals surface area contributed by atoms with Crippen molar-refractivity contribution in [2.45, 2.75) is 25.2 Å². The second kappa shape index (κ2) is 8.95. The van der Waals surface area contributed by atoms with Crippen LogP contribution in [-0.4, -0.2) is 55.5 Å². The van der Waals surface area contributed by atoms with Crippen molar-refractivity contribution in [2.75, 3.05) is 44.4 Å². The predicted octanol–water partition coefficient (Wildman–Crippen LogP) is 3.27. The predicted molar refractivity (Wildman–Crippen MR) is 90.9 cm³/mol. The summed E-state index contributed by atoms with van der Waals surface area (Å²) in [6.45, 7) is 6.77. The standard InChI is InChI=1S/C16H26N2O2S/c1-5-10-18(12-11-17(3)4)13-8-7-9-14(21-6-2)15(13)16(19)20/h7-9H,5-6,10-12H2,1-4H3,(H,19,20). The Kier molecular flexibility index (Phi) is 7.61. The van der Waals surface area contributed by atoms with Crippen molar-refractivity contribution in [3.05, 3.63) is 23.8 Å². The van der Waals surface area contributed by atoms with Crippen LogP contribution in [0.2, 0.25) is 0 Å². The van der Waals surface area contributed by atoms with Crippen molar-refractivity contribution in [2.24, 2.45) is 0 Å². The van der Waals surface area contributed by atoms with E-state index in [1.165, 1.54) is 0 Å². The lowest BCUT2D eigenvalue weighted by molar-refractivity contribution is 0.0694. The third kappa shape index (κ3) is 5.25. The summed E-state index contributed by atoms with van der Waals surface area (Å²) >= 11 is 1.59. The molecule has 118 valence electrons. The van der Waals surface area contributed by atoms with E-state index in [0.29, 0.717) is 5.56 Å². The average Bonchev–Trinajstić information content (AvgIpc) is 2.43. The Balaban J connectivity index is 3.16. The lowest BCUT2D eigenvalue weighted by Crippen LogP contribution is -2.33. The van der Waals surface area contributed by atoms with Gasteiger partial charge in [0.25, 0.3) is 0 Å². The maximum absolute atomic E-state index is 11.7. The van der Waals surface area contributed by atoms with Gasteiger partial charge in [0.15, 0.2) is 0 Å². The zero-order chi connectivity index (χ0) is 15.8. The van der Waals surface area contributed by atoms with E-state index in [4.69, 9.17) is 0 Å². The summed E-state index contributed by atoms with van der Waals surface area (Å²) in [6.07, 6.45) is 0.998. The van der Waals surface area contributed by atoms with Crippen molar-refractivity contribution in [1.29, 1.82) is 0 Å². The summed E-state index contributed by atoms with van der Waals surface area (Å²) in [7, 11) is 4.07. The number of carboxylic acids is 1. The Morgan fingerprint density at radius 1 is 1.19 bits per heavy atom. The highest BCUT2D eigenvalue weighted by atomic mass is 32.2. The molecule has 0 amide bonds. The number of rotatable bonds is 9. The number of hydrogen-bond acceptors (Lipinski definition) is 4. The second-order valence-electron chi connectivity index (χ2n) is 5.18. The van der Waals surface area contributed by atoms with Crippen LogP contribution >= 0.6 is 11.8 Å². The molecule has 1 rings (SSSR count). The van der Waals surface area contributed by atoms with Crippen molar-refractivity contribution in [3.8, 4) is 0 Å². The van der Waals surface area contributed by atoms with Gasteiger partial charge < -0.3 is 14.9 Å². The van der Waals surface area contributed by atoms with E-state index < -0.39 is 5.97 Å². The monoisotopic (exact) mass is 310 g/mol. The molecular formula is C16H26N2O2S. The Hall–Kier alpha value is -1.20. The number of likely N-dealkylation sites (N-methyl/N-ethyl adjacent to an activating group) is 1. The Morgan fingerprint density at radius 2 is 1.90 bits per heavy atom. The molecule has 1 N–H and O–H groups in total. The summed E-state index contributed by atoms with van der Waals surface area (Å²) in [5.74, 6) is 0.0300. The first-order valence-electron chi connectivity index (χ1n) is 7.40. The zero-order valence-electron chi connectivity index (χ0n) is 13.4. The van der Waals surface area contributed by atoms with E-state index in [-0.39, 0.29) is 0 Å². The van der Waals surface area contributed by atoms with Gasteiger partial charge in [-0.05, 0) is 38.4 Å². The molecule has 0 bridgehead atoms. The number of thioether (sulfide) groups is 1. The van der Waals surface area contributed by atoms with E-state index >= 15 is 0 Å². The minimum atomic E-state index is -0.840. The molecule has 0 heterocycles. The molecule has 0 unspecified atom stereocenters. The van der Waals surface area contributed by atoms with E-state index in [9.17, 15) is 9.90 Å². The number of hydrogen-bond donors (Lipinski definition) is 1. The van der Waals surface area contributed by atoms with Gasteiger partial charge in [-0.1, -0.05) is 19.9 Å². The summed E-state index contributed by atoms with van der Waals surface area (Å²) in [5.41, 5.74) is 1.28. The summed E-state index contributed by atoms with van der Waals surface area (Å²) in [5, 5.41) is 9.62. The zero-order valence-corrected chi connectivity index (χ0v) is 14.2. The van der Waals surface area contributed by atoms with E-state index in [1.807, 2.05) is 39.2 Å². The van der Waals surface area contributed by atoms with Gasteiger partial charge in [-0.25, -0.2) is 4.79 Å². The SMILES string of the molecule is CCCN(CCN(C)C)c1cccc(SCC)c1C(=O)O. The highest BCUT2D eigenvalue weighted by molar-refractivity contribution is 7.99. The van der Waals surface area contributed by atoms with Crippen LogP contribution in [-0.2, 0) is 0 Å². The number of benzene rings is 1. The van der Waals surface area contributed by atoms with Crippen LogP contribution < -0.4 is 4.90 Å². The molecular weight excluding hydrogens is 284 g/mol. The summed E-state index contributed by atoms with van der Waals surface area (Å²) in [6, 6.07) is 5.78. The number of carbonyl (C=O) groups is 1.